The molecule has 0 unspecified atom stereocenters. The number of aliphatic hydroxyl groups excluding tert-OH is 8. The van der Waals surface area contributed by atoms with E-state index < -0.39 is 86.5 Å². The summed E-state index contributed by atoms with van der Waals surface area (Å²) in [4.78, 5) is 0. The molecule has 7 aliphatic rings. The van der Waals surface area contributed by atoms with Gasteiger partial charge in [-0.2, -0.15) is 0 Å². The van der Waals surface area contributed by atoms with Gasteiger partial charge in [-0.05, 0) is 91.8 Å². The molecule has 53 heavy (non-hydrogen) atoms. The monoisotopic (exact) mass is 758 g/mol. The smallest absolute Gasteiger partial charge is 0.187 e. The van der Waals surface area contributed by atoms with Gasteiger partial charge in [0.1, 0.15) is 48.8 Å². The van der Waals surface area contributed by atoms with Gasteiger partial charge in [0, 0.05) is 18.3 Å². The largest absolute Gasteiger partial charge is 0.394 e. The van der Waals surface area contributed by atoms with E-state index >= 15 is 0 Å². The van der Waals surface area contributed by atoms with Gasteiger partial charge >= 0.3 is 0 Å². The van der Waals surface area contributed by atoms with Crippen molar-refractivity contribution in [1.82, 2.24) is 0 Å². The summed E-state index contributed by atoms with van der Waals surface area (Å²) in [6, 6.07) is 0. The lowest BCUT2D eigenvalue weighted by atomic mass is 9.44. The molecule has 0 aromatic carbocycles. The van der Waals surface area contributed by atoms with Gasteiger partial charge in [-0.15, -0.1) is 0 Å². The minimum atomic E-state index is -1.74. The number of aliphatic hydroxyl groups is 9. The van der Waals surface area contributed by atoms with Gasteiger partial charge in [0.25, 0.3) is 0 Å². The molecule has 22 atom stereocenters. The molecule has 306 valence electrons. The molecule has 7 rings (SSSR count). The summed E-state index contributed by atoms with van der Waals surface area (Å²) >= 11 is 0. The molecule has 0 radical (unpaired) electrons. The van der Waals surface area contributed by atoms with Crippen LogP contribution in [0.25, 0.3) is 0 Å². The van der Waals surface area contributed by atoms with E-state index in [1.54, 1.807) is 0 Å². The first-order valence-corrected chi connectivity index (χ1v) is 20.3. The van der Waals surface area contributed by atoms with Crippen LogP contribution < -0.4 is 0 Å². The molecule has 3 saturated heterocycles. The fourth-order valence-electron chi connectivity index (χ4n) is 12.7. The van der Waals surface area contributed by atoms with Crippen LogP contribution in [0.1, 0.15) is 92.4 Å². The van der Waals surface area contributed by atoms with Crippen molar-refractivity contribution in [3.8, 4) is 0 Å². The van der Waals surface area contributed by atoms with Crippen LogP contribution >= 0.6 is 0 Å². The number of hydrogen-bond acceptors (Lipinski definition) is 14. The molecule has 0 aromatic heterocycles. The van der Waals surface area contributed by atoms with Gasteiger partial charge in [-0.25, -0.2) is 0 Å². The normalized spacial score (nSPS) is 56.8. The Kier molecular flexibility index (Phi) is 11.5. The summed E-state index contributed by atoms with van der Waals surface area (Å²) in [7, 11) is 0. The Labute approximate surface area is 312 Å². The zero-order valence-electron chi connectivity index (χ0n) is 31.9. The highest BCUT2D eigenvalue weighted by Crippen LogP contribution is 2.71. The lowest BCUT2D eigenvalue weighted by molar-refractivity contribution is -0.373. The maximum Gasteiger partial charge on any atom is 0.187 e. The molecular formula is C39H66O14. The van der Waals surface area contributed by atoms with Crippen molar-refractivity contribution in [2.24, 2.45) is 52.3 Å². The van der Waals surface area contributed by atoms with Crippen LogP contribution in [-0.2, 0) is 23.7 Å². The molecule has 3 aliphatic heterocycles. The van der Waals surface area contributed by atoms with Gasteiger partial charge in [0.2, 0.25) is 0 Å². The molecule has 0 amide bonds. The molecule has 4 saturated carbocycles. The average Bonchev–Trinajstić information content (AvgIpc) is 3.52. The van der Waals surface area contributed by atoms with E-state index in [0.717, 1.165) is 38.5 Å². The van der Waals surface area contributed by atoms with Crippen molar-refractivity contribution in [2.75, 3.05) is 13.2 Å². The predicted octanol–water partition coefficient (Wildman–Crippen LogP) is 0.395. The van der Waals surface area contributed by atoms with E-state index in [1.807, 2.05) is 0 Å². The van der Waals surface area contributed by atoms with Gasteiger partial charge in [-0.1, -0.05) is 34.6 Å². The molecule has 0 bridgehead atoms. The summed E-state index contributed by atoms with van der Waals surface area (Å²) in [5, 5.41) is 96.3. The fourth-order valence-corrected chi connectivity index (χ4v) is 12.7. The fraction of sp³-hybridized carbons (Fsp3) is 1.00. The molecule has 3 heterocycles. The average molecular weight is 759 g/mol. The van der Waals surface area contributed by atoms with Crippen molar-refractivity contribution in [3.05, 3.63) is 0 Å². The summed E-state index contributed by atoms with van der Waals surface area (Å²) in [6.07, 6.45) is -8.50. The topological polar surface area (TPSA) is 228 Å². The summed E-state index contributed by atoms with van der Waals surface area (Å²) in [5.41, 5.74) is -0.117. The summed E-state index contributed by atoms with van der Waals surface area (Å²) in [6.45, 7) is 9.90. The third-order valence-corrected chi connectivity index (χ3v) is 15.7. The Morgan fingerprint density at radius 1 is 0.717 bits per heavy atom. The molecular weight excluding hydrogens is 692 g/mol. The first kappa shape index (κ1) is 40.6. The van der Waals surface area contributed by atoms with Gasteiger partial charge < -0.3 is 69.6 Å². The Balaban J connectivity index is 1.04. The minimum Gasteiger partial charge on any atom is -0.394 e. The van der Waals surface area contributed by atoms with Crippen LogP contribution in [0, 0.1) is 52.3 Å². The van der Waals surface area contributed by atoms with Crippen LogP contribution in [0.4, 0.5) is 0 Å². The number of rotatable bonds is 9. The molecule has 0 aromatic rings. The maximum atomic E-state index is 12.0. The second-order valence-corrected chi connectivity index (χ2v) is 18.8. The first-order chi connectivity index (χ1) is 25.0. The minimum absolute atomic E-state index is 0.00892. The van der Waals surface area contributed by atoms with Crippen molar-refractivity contribution >= 4 is 0 Å². The van der Waals surface area contributed by atoms with Crippen LogP contribution in [0.5, 0.6) is 0 Å². The Bertz CT molecular complexity index is 1270. The predicted molar refractivity (Wildman–Crippen MR) is 186 cm³/mol. The molecule has 14 heteroatoms. The highest BCUT2D eigenvalue weighted by atomic mass is 16.8. The third kappa shape index (κ3) is 6.66. The van der Waals surface area contributed by atoms with Gasteiger partial charge in [-0.3, -0.25) is 0 Å². The summed E-state index contributed by atoms with van der Waals surface area (Å²) in [5.74, 6) is 0.445. The van der Waals surface area contributed by atoms with Crippen LogP contribution in [-0.4, -0.2) is 145 Å². The molecule has 14 nitrogen and oxygen atoms in total. The van der Waals surface area contributed by atoms with E-state index in [9.17, 15) is 46.0 Å². The highest BCUT2D eigenvalue weighted by Gasteiger charge is 2.71. The lowest BCUT2D eigenvalue weighted by Gasteiger charge is -2.61. The summed E-state index contributed by atoms with van der Waals surface area (Å²) < 4.78 is 30.4. The van der Waals surface area contributed by atoms with Crippen LogP contribution in [0.15, 0.2) is 0 Å². The quantitative estimate of drug-likeness (QED) is 0.145. The zero-order valence-corrected chi connectivity index (χ0v) is 31.9. The van der Waals surface area contributed by atoms with Gasteiger partial charge in [0.05, 0.1) is 31.5 Å². The molecule has 9 N–H and O–H groups in total. The Morgan fingerprint density at radius 2 is 1.36 bits per heavy atom. The second kappa shape index (κ2) is 15.0. The molecule has 7 fully saturated rings. The maximum absolute atomic E-state index is 12.0. The second-order valence-electron chi connectivity index (χ2n) is 18.8. The zero-order chi connectivity index (χ0) is 38.4. The van der Waals surface area contributed by atoms with E-state index in [-0.39, 0.29) is 40.8 Å². The standard InChI is InChI=1S/C39H66O14/c1-17(2)8-13-39(48)18(3)25-33(53-39)29(44)26-21-7-6-19-14-20(9-11-37(19,4)22(21)10-12-38(25,26)5)49-36-34(31(46)28(43)24(16-41)51-36)52-35-32(47)30(45)27(42)23(15-40)50-35/h17-36,40-48H,6-16H2,1-5H3/t18-,19+,20+,21+,22+,23-,24-,25-,26+,27-,28+,29+,30-,31+,32+,33+,34+,35-,36+,37+,38-,39-/m0/s1. The Morgan fingerprint density at radius 3 is 2.02 bits per heavy atom. The van der Waals surface area contributed by atoms with Crippen molar-refractivity contribution in [2.45, 2.75) is 178 Å². The van der Waals surface area contributed by atoms with Gasteiger partial charge in [0.15, 0.2) is 18.4 Å². The number of hydrogen-bond donors (Lipinski definition) is 9. The highest BCUT2D eigenvalue weighted by molar-refractivity contribution is 5.18. The SMILES string of the molecule is CC(C)CC[C@]1(O)O[C@H]2[C@H](O)[C@H]3[C@@H]4CC[C@@H]5C[C@H](O[C@@H]6O[C@@H](CO)[C@@H](O)[C@@H](O)[C@H]6O[C@@H]6O[C@@H](CO)[C@H](O)[C@H](O)[C@H]6O)CC[C@@]5(C)[C@@H]4CC[C@@]3(C)[C@H]2[C@@H]1C. The van der Waals surface area contributed by atoms with Crippen molar-refractivity contribution < 1.29 is 69.6 Å². The third-order valence-electron chi connectivity index (χ3n) is 15.7. The first-order valence-electron chi connectivity index (χ1n) is 20.3. The van der Waals surface area contributed by atoms with E-state index in [4.69, 9.17) is 23.7 Å². The van der Waals surface area contributed by atoms with Crippen LogP contribution in [0.3, 0.4) is 0 Å². The number of ether oxygens (including phenoxy) is 5. The number of fused-ring (bicyclic) bond motifs is 7. The van der Waals surface area contributed by atoms with E-state index in [1.165, 1.54) is 0 Å². The lowest BCUT2D eigenvalue weighted by Crippen LogP contribution is -2.65. The van der Waals surface area contributed by atoms with Crippen molar-refractivity contribution in [1.29, 1.82) is 0 Å². The molecule has 0 spiro atoms. The van der Waals surface area contributed by atoms with Crippen molar-refractivity contribution in [3.63, 3.8) is 0 Å². The van der Waals surface area contributed by atoms with Crippen LogP contribution in [0.2, 0.25) is 0 Å². The van der Waals surface area contributed by atoms with E-state index in [2.05, 4.69) is 34.6 Å². The molecule has 4 aliphatic carbocycles. The van der Waals surface area contributed by atoms with E-state index in [0.29, 0.717) is 42.9 Å². The Hall–Kier alpha value is -0.560.